The molecule has 0 aromatic carbocycles. The number of unbranched alkanes of at least 4 members (excludes halogenated alkanes) is 5. The third-order valence-corrected chi connectivity index (χ3v) is 4.95. The van der Waals surface area contributed by atoms with Crippen LogP contribution < -0.4 is 5.43 Å². The van der Waals surface area contributed by atoms with Crippen LogP contribution in [0, 0.1) is 13.8 Å². The second kappa shape index (κ2) is 7.88. The topological polar surface area (TPSA) is 22.0 Å². The zero-order chi connectivity index (χ0) is 14.4. The van der Waals surface area contributed by atoms with Crippen molar-refractivity contribution in [1.82, 2.24) is 4.57 Å². The molecule has 0 radical (unpaired) electrons. The molecule has 0 aliphatic carbocycles. The lowest BCUT2D eigenvalue weighted by Crippen LogP contribution is -2.19. The molecule has 1 aromatic rings. The van der Waals surface area contributed by atoms with Gasteiger partial charge in [-0.3, -0.25) is 4.79 Å². The molecule has 2 nitrogen and oxygen atoms in total. The number of aromatic nitrogens is 1. The summed E-state index contributed by atoms with van der Waals surface area (Å²) in [6.07, 6.45) is 8.49. The van der Waals surface area contributed by atoms with E-state index in [9.17, 15) is 4.79 Å². The van der Waals surface area contributed by atoms with Gasteiger partial charge < -0.3 is 4.57 Å². The van der Waals surface area contributed by atoms with Crippen LogP contribution in [0.5, 0.6) is 0 Å². The van der Waals surface area contributed by atoms with Gasteiger partial charge >= 0.3 is 0 Å². The van der Waals surface area contributed by atoms with Crippen LogP contribution in [0.4, 0.5) is 0 Å². The number of pyridine rings is 1. The van der Waals surface area contributed by atoms with Crippen molar-refractivity contribution in [2.75, 3.05) is 0 Å². The van der Waals surface area contributed by atoms with Gasteiger partial charge in [0, 0.05) is 24.0 Å². The summed E-state index contributed by atoms with van der Waals surface area (Å²) in [5, 5.41) is 0. The number of hydrogen-bond donors (Lipinski definition) is 0. The van der Waals surface area contributed by atoms with E-state index < -0.39 is 0 Å². The Morgan fingerprint density at radius 1 is 1.00 bits per heavy atom. The van der Waals surface area contributed by atoms with Crippen molar-refractivity contribution in [2.45, 2.75) is 65.7 Å². The van der Waals surface area contributed by atoms with E-state index in [1.807, 2.05) is 20.9 Å². The van der Waals surface area contributed by atoms with Gasteiger partial charge in [0.25, 0.3) is 0 Å². The molecule has 0 bridgehead atoms. The van der Waals surface area contributed by atoms with Crippen LogP contribution in [0.25, 0.3) is 0 Å². The standard InChI is InChI=1S/C16H26BrNO/c1-5-6-7-8-9-10-11-14-12(2)18(4)13(3)15(17)16(14)19/h5-11H2,1-4H3. The minimum Gasteiger partial charge on any atom is -0.351 e. The molecule has 108 valence electrons. The fourth-order valence-electron chi connectivity index (χ4n) is 2.44. The Kier molecular flexibility index (Phi) is 6.84. The molecule has 0 aliphatic rings. The van der Waals surface area contributed by atoms with E-state index in [0.717, 1.165) is 34.3 Å². The van der Waals surface area contributed by atoms with E-state index in [1.165, 1.54) is 32.1 Å². The van der Waals surface area contributed by atoms with Gasteiger partial charge in [-0.25, -0.2) is 0 Å². The number of halogens is 1. The summed E-state index contributed by atoms with van der Waals surface area (Å²) in [7, 11) is 2.03. The molecule has 0 fully saturated rings. The average Bonchev–Trinajstić information content (AvgIpc) is 2.41. The first kappa shape index (κ1) is 16.5. The van der Waals surface area contributed by atoms with Gasteiger partial charge in [-0.1, -0.05) is 39.0 Å². The molecule has 1 heterocycles. The smallest absolute Gasteiger partial charge is 0.199 e. The minimum atomic E-state index is 0.182. The maximum absolute atomic E-state index is 12.3. The van der Waals surface area contributed by atoms with Crippen LogP contribution in [0.15, 0.2) is 9.27 Å². The van der Waals surface area contributed by atoms with Crippen molar-refractivity contribution in [3.8, 4) is 0 Å². The molecule has 0 aliphatic heterocycles. The first-order valence-corrected chi connectivity index (χ1v) is 8.14. The van der Waals surface area contributed by atoms with Gasteiger partial charge in [-0.2, -0.15) is 0 Å². The van der Waals surface area contributed by atoms with Crippen molar-refractivity contribution in [1.29, 1.82) is 0 Å². The summed E-state index contributed by atoms with van der Waals surface area (Å²) < 4.78 is 2.83. The second-order valence-electron chi connectivity index (χ2n) is 5.37. The summed E-state index contributed by atoms with van der Waals surface area (Å²) in [6.45, 7) is 6.26. The molecule has 0 saturated heterocycles. The van der Waals surface area contributed by atoms with Crippen LogP contribution in [0.3, 0.4) is 0 Å². The molecule has 19 heavy (non-hydrogen) atoms. The Morgan fingerprint density at radius 3 is 2.21 bits per heavy atom. The largest absolute Gasteiger partial charge is 0.351 e. The van der Waals surface area contributed by atoms with E-state index >= 15 is 0 Å². The van der Waals surface area contributed by atoms with E-state index in [4.69, 9.17) is 0 Å². The normalized spacial score (nSPS) is 11.0. The molecular formula is C16H26BrNO. The Balaban J connectivity index is 2.67. The van der Waals surface area contributed by atoms with Crippen LogP contribution in [0.2, 0.25) is 0 Å². The summed E-state index contributed by atoms with van der Waals surface area (Å²) >= 11 is 3.42. The Morgan fingerprint density at radius 2 is 1.58 bits per heavy atom. The van der Waals surface area contributed by atoms with Gasteiger partial charge in [-0.15, -0.1) is 0 Å². The number of rotatable bonds is 7. The molecule has 1 aromatic heterocycles. The van der Waals surface area contributed by atoms with Crippen molar-refractivity contribution in [3.63, 3.8) is 0 Å². The molecule has 0 saturated carbocycles. The predicted molar refractivity (Wildman–Crippen MR) is 85.9 cm³/mol. The third kappa shape index (κ3) is 4.20. The highest BCUT2D eigenvalue weighted by atomic mass is 79.9. The van der Waals surface area contributed by atoms with Gasteiger partial charge in [0.05, 0.1) is 4.47 Å². The minimum absolute atomic E-state index is 0.182. The Hall–Kier alpha value is -0.570. The summed E-state index contributed by atoms with van der Waals surface area (Å²) in [5.74, 6) is 0. The molecule has 0 spiro atoms. The van der Waals surface area contributed by atoms with Gasteiger partial charge in [0.2, 0.25) is 0 Å². The summed E-state index contributed by atoms with van der Waals surface area (Å²) in [6, 6.07) is 0. The molecule has 3 heteroatoms. The van der Waals surface area contributed by atoms with Crippen molar-refractivity contribution in [3.05, 3.63) is 31.6 Å². The maximum Gasteiger partial charge on any atom is 0.199 e. The van der Waals surface area contributed by atoms with Crippen molar-refractivity contribution >= 4 is 15.9 Å². The quantitative estimate of drug-likeness (QED) is 0.667. The van der Waals surface area contributed by atoms with Crippen molar-refractivity contribution < 1.29 is 0 Å². The summed E-state index contributed by atoms with van der Waals surface area (Å²) in [5.41, 5.74) is 3.28. The lowest BCUT2D eigenvalue weighted by atomic mass is 10.0. The number of nitrogens with zero attached hydrogens (tertiary/aromatic N) is 1. The Labute approximate surface area is 125 Å². The SMILES string of the molecule is CCCCCCCCc1c(C)n(C)c(C)c(Br)c1=O. The van der Waals surface area contributed by atoms with Crippen LogP contribution >= 0.6 is 15.9 Å². The Bertz CT molecular complexity index is 477. The van der Waals surface area contributed by atoms with E-state index in [1.54, 1.807) is 0 Å². The molecule has 0 atom stereocenters. The highest BCUT2D eigenvalue weighted by Crippen LogP contribution is 2.17. The van der Waals surface area contributed by atoms with Crippen LogP contribution in [0.1, 0.15) is 62.4 Å². The van der Waals surface area contributed by atoms with Gasteiger partial charge in [0.1, 0.15) is 0 Å². The van der Waals surface area contributed by atoms with Crippen LogP contribution in [-0.2, 0) is 13.5 Å². The molecule has 0 amide bonds. The lowest BCUT2D eigenvalue weighted by Gasteiger charge is -2.15. The monoisotopic (exact) mass is 327 g/mol. The van der Waals surface area contributed by atoms with E-state index in [0.29, 0.717) is 0 Å². The number of hydrogen-bond acceptors (Lipinski definition) is 1. The van der Waals surface area contributed by atoms with Gasteiger partial charge in [0.15, 0.2) is 5.43 Å². The fourth-order valence-corrected chi connectivity index (χ4v) is 2.94. The zero-order valence-corrected chi connectivity index (χ0v) is 14.3. The average molecular weight is 328 g/mol. The first-order chi connectivity index (χ1) is 9.00. The molecule has 0 N–H and O–H groups in total. The fraction of sp³-hybridized carbons (Fsp3) is 0.688. The predicted octanol–water partition coefficient (Wildman–Crippen LogP) is 4.67. The lowest BCUT2D eigenvalue weighted by molar-refractivity contribution is 0.604. The highest BCUT2D eigenvalue weighted by Gasteiger charge is 2.12. The second-order valence-corrected chi connectivity index (χ2v) is 6.16. The van der Waals surface area contributed by atoms with E-state index in [2.05, 4.69) is 27.4 Å². The third-order valence-electron chi connectivity index (χ3n) is 4.01. The maximum atomic E-state index is 12.3. The van der Waals surface area contributed by atoms with Crippen molar-refractivity contribution in [2.24, 2.45) is 7.05 Å². The zero-order valence-electron chi connectivity index (χ0n) is 12.7. The van der Waals surface area contributed by atoms with E-state index in [-0.39, 0.29) is 5.43 Å². The molecular weight excluding hydrogens is 302 g/mol. The van der Waals surface area contributed by atoms with Crippen LogP contribution in [-0.4, -0.2) is 4.57 Å². The van der Waals surface area contributed by atoms with Gasteiger partial charge in [-0.05, 0) is 42.6 Å². The summed E-state index contributed by atoms with van der Waals surface area (Å²) in [4.78, 5) is 12.3. The highest BCUT2D eigenvalue weighted by molar-refractivity contribution is 9.10. The first-order valence-electron chi connectivity index (χ1n) is 7.35. The molecule has 0 unspecified atom stereocenters. The molecule has 1 rings (SSSR count).